The van der Waals surface area contributed by atoms with E-state index in [9.17, 15) is 4.79 Å². The first kappa shape index (κ1) is 12.7. The number of rotatable bonds is 4. The maximum atomic E-state index is 11.6. The van der Waals surface area contributed by atoms with Crippen molar-refractivity contribution in [3.05, 3.63) is 23.8 Å². The fraction of sp³-hybridized carbons (Fsp3) is 0.462. The quantitative estimate of drug-likeness (QED) is 0.852. The summed E-state index contributed by atoms with van der Waals surface area (Å²) in [6.45, 7) is 2.08. The van der Waals surface area contributed by atoms with Crippen molar-refractivity contribution in [1.29, 1.82) is 0 Å². The van der Waals surface area contributed by atoms with Crippen LogP contribution in [0.2, 0.25) is 0 Å². The van der Waals surface area contributed by atoms with Crippen molar-refractivity contribution in [3.63, 3.8) is 0 Å². The lowest BCUT2D eigenvalue weighted by Crippen LogP contribution is -2.33. The van der Waals surface area contributed by atoms with Gasteiger partial charge in [-0.2, -0.15) is 0 Å². The Morgan fingerprint density at radius 3 is 2.78 bits per heavy atom. The van der Waals surface area contributed by atoms with Crippen molar-refractivity contribution in [2.45, 2.75) is 6.54 Å². The molecule has 0 saturated carbocycles. The fourth-order valence-corrected chi connectivity index (χ4v) is 1.83. The molecule has 1 heterocycles. The number of nitrogens with one attached hydrogen (secondary N) is 1. The number of benzene rings is 1. The molecule has 0 unspecified atom stereocenters. The van der Waals surface area contributed by atoms with Crippen LogP contribution in [0.1, 0.15) is 5.56 Å². The normalized spacial score (nSPS) is 13.2. The van der Waals surface area contributed by atoms with Gasteiger partial charge in [0.1, 0.15) is 13.2 Å². The van der Waals surface area contributed by atoms with Crippen LogP contribution in [0.25, 0.3) is 0 Å². The maximum Gasteiger partial charge on any atom is 0.236 e. The van der Waals surface area contributed by atoms with Gasteiger partial charge in [0.15, 0.2) is 11.5 Å². The molecule has 0 bridgehead atoms. The van der Waals surface area contributed by atoms with Gasteiger partial charge in [-0.3, -0.25) is 4.79 Å². The topological polar surface area (TPSA) is 50.8 Å². The molecule has 5 heteroatoms. The number of hydrogen-bond acceptors (Lipinski definition) is 4. The average molecular weight is 250 g/mol. The molecule has 0 atom stereocenters. The molecular formula is C13H18N2O3. The monoisotopic (exact) mass is 250 g/mol. The molecule has 1 aromatic carbocycles. The van der Waals surface area contributed by atoms with E-state index in [4.69, 9.17) is 9.47 Å². The predicted octanol–water partition coefficient (Wildman–Crippen LogP) is 0.636. The number of nitrogens with zero attached hydrogens (tertiary/aromatic N) is 1. The highest BCUT2D eigenvalue weighted by Gasteiger charge is 2.13. The summed E-state index contributed by atoms with van der Waals surface area (Å²) < 4.78 is 11.0. The molecular weight excluding hydrogens is 232 g/mol. The van der Waals surface area contributed by atoms with Gasteiger partial charge in [-0.1, -0.05) is 6.07 Å². The van der Waals surface area contributed by atoms with Crippen LogP contribution in [0.15, 0.2) is 18.2 Å². The largest absolute Gasteiger partial charge is 0.486 e. The third-order valence-corrected chi connectivity index (χ3v) is 2.78. The van der Waals surface area contributed by atoms with Crippen molar-refractivity contribution in [1.82, 2.24) is 10.2 Å². The number of likely N-dealkylation sites (N-methyl/N-ethyl adjacent to an activating group) is 2. The van der Waals surface area contributed by atoms with Crippen LogP contribution in [-0.4, -0.2) is 44.7 Å². The minimum absolute atomic E-state index is 0.0624. The number of carbonyl (C=O) groups excluding carboxylic acids is 1. The smallest absolute Gasteiger partial charge is 0.236 e. The number of carbonyl (C=O) groups is 1. The summed E-state index contributed by atoms with van der Waals surface area (Å²) in [6, 6.07) is 5.77. The molecule has 1 aliphatic rings. The van der Waals surface area contributed by atoms with Crippen LogP contribution in [-0.2, 0) is 11.3 Å². The molecule has 1 aliphatic heterocycles. The van der Waals surface area contributed by atoms with Crippen LogP contribution in [0, 0.1) is 0 Å². The molecule has 0 aromatic heterocycles. The summed E-state index contributed by atoms with van der Waals surface area (Å²) in [4.78, 5) is 13.3. The van der Waals surface area contributed by atoms with E-state index < -0.39 is 0 Å². The Labute approximate surface area is 107 Å². The molecule has 1 N–H and O–H groups in total. The Balaban J connectivity index is 2.03. The van der Waals surface area contributed by atoms with E-state index in [0.717, 1.165) is 17.1 Å². The molecule has 2 rings (SSSR count). The Morgan fingerprint density at radius 2 is 2.06 bits per heavy atom. The number of hydrogen-bond donors (Lipinski definition) is 1. The number of amides is 1. The molecule has 18 heavy (non-hydrogen) atoms. The summed E-state index contributed by atoms with van der Waals surface area (Å²) in [6.07, 6.45) is 0. The summed E-state index contributed by atoms with van der Waals surface area (Å²) >= 11 is 0. The minimum atomic E-state index is 0.0624. The third-order valence-electron chi connectivity index (χ3n) is 2.78. The molecule has 5 nitrogen and oxygen atoms in total. The summed E-state index contributed by atoms with van der Waals surface area (Å²) in [5, 5.41) is 2.85. The SMILES string of the molecule is CNCC(=O)N(C)Cc1ccc2c(c1)OCCO2. The second-order valence-electron chi connectivity index (χ2n) is 4.26. The van der Waals surface area contributed by atoms with Gasteiger partial charge in [-0.05, 0) is 24.7 Å². The lowest BCUT2D eigenvalue weighted by atomic mass is 10.2. The Kier molecular flexibility index (Phi) is 4.04. The van der Waals surface area contributed by atoms with E-state index in [-0.39, 0.29) is 5.91 Å². The molecule has 0 spiro atoms. The van der Waals surface area contributed by atoms with Gasteiger partial charge >= 0.3 is 0 Å². The van der Waals surface area contributed by atoms with Crippen LogP contribution in [0.4, 0.5) is 0 Å². The first-order valence-electron chi connectivity index (χ1n) is 5.98. The summed E-state index contributed by atoms with van der Waals surface area (Å²) in [7, 11) is 3.55. The Hall–Kier alpha value is -1.75. The van der Waals surface area contributed by atoms with E-state index in [1.807, 2.05) is 18.2 Å². The van der Waals surface area contributed by atoms with Crippen molar-refractivity contribution in [2.75, 3.05) is 33.9 Å². The van der Waals surface area contributed by atoms with Crippen molar-refractivity contribution in [2.24, 2.45) is 0 Å². The summed E-state index contributed by atoms with van der Waals surface area (Å²) in [5.74, 6) is 1.59. The highest BCUT2D eigenvalue weighted by Crippen LogP contribution is 2.30. The predicted molar refractivity (Wildman–Crippen MR) is 67.8 cm³/mol. The molecule has 0 aliphatic carbocycles. The number of fused-ring (bicyclic) bond motifs is 1. The first-order valence-corrected chi connectivity index (χ1v) is 5.98. The van der Waals surface area contributed by atoms with Crippen molar-refractivity contribution in [3.8, 4) is 11.5 Å². The maximum absolute atomic E-state index is 11.6. The van der Waals surface area contributed by atoms with Crippen molar-refractivity contribution >= 4 is 5.91 Å². The zero-order chi connectivity index (χ0) is 13.0. The second kappa shape index (κ2) is 5.73. The van der Waals surface area contributed by atoms with Gasteiger partial charge in [-0.25, -0.2) is 0 Å². The van der Waals surface area contributed by atoms with E-state index in [1.54, 1.807) is 19.0 Å². The second-order valence-corrected chi connectivity index (χ2v) is 4.26. The first-order chi connectivity index (χ1) is 8.70. The van der Waals surface area contributed by atoms with Gasteiger partial charge in [0.05, 0.1) is 6.54 Å². The van der Waals surface area contributed by atoms with Gasteiger partial charge in [-0.15, -0.1) is 0 Å². The Bertz CT molecular complexity index is 434. The molecule has 98 valence electrons. The van der Waals surface area contributed by atoms with Crippen LogP contribution < -0.4 is 14.8 Å². The highest BCUT2D eigenvalue weighted by molar-refractivity contribution is 5.77. The number of ether oxygens (including phenoxy) is 2. The summed E-state index contributed by atoms with van der Waals surface area (Å²) in [5.41, 5.74) is 1.03. The van der Waals surface area contributed by atoms with E-state index >= 15 is 0 Å². The average Bonchev–Trinajstić information content (AvgIpc) is 2.39. The van der Waals surface area contributed by atoms with E-state index in [1.165, 1.54) is 0 Å². The van der Waals surface area contributed by atoms with Crippen molar-refractivity contribution < 1.29 is 14.3 Å². The fourth-order valence-electron chi connectivity index (χ4n) is 1.83. The van der Waals surface area contributed by atoms with E-state index in [2.05, 4.69) is 5.32 Å². The van der Waals surface area contributed by atoms with Gasteiger partial charge in [0.2, 0.25) is 5.91 Å². The molecule has 0 radical (unpaired) electrons. The standard InChI is InChI=1S/C13H18N2O3/c1-14-8-13(16)15(2)9-10-3-4-11-12(7-10)18-6-5-17-11/h3-4,7,14H,5-6,8-9H2,1-2H3. The van der Waals surface area contributed by atoms with Crippen LogP contribution >= 0.6 is 0 Å². The lowest BCUT2D eigenvalue weighted by Gasteiger charge is -2.21. The van der Waals surface area contributed by atoms with E-state index in [0.29, 0.717) is 26.3 Å². The highest BCUT2D eigenvalue weighted by atomic mass is 16.6. The van der Waals surface area contributed by atoms with Gasteiger partial charge in [0.25, 0.3) is 0 Å². The third kappa shape index (κ3) is 2.92. The molecule has 0 fully saturated rings. The van der Waals surface area contributed by atoms with Crippen LogP contribution in [0.3, 0.4) is 0 Å². The lowest BCUT2D eigenvalue weighted by molar-refractivity contribution is -0.129. The molecule has 1 amide bonds. The zero-order valence-electron chi connectivity index (χ0n) is 10.7. The molecule has 0 saturated heterocycles. The van der Waals surface area contributed by atoms with Gasteiger partial charge in [0, 0.05) is 13.6 Å². The van der Waals surface area contributed by atoms with Crippen LogP contribution in [0.5, 0.6) is 11.5 Å². The minimum Gasteiger partial charge on any atom is -0.486 e. The Morgan fingerprint density at radius 1 is 1.33 bits per heavy atom. The molecule has 1 aromatic rings. The zero-order valence-corrected chi connectivity index (χ0v) is 10.7. The van der Waals surface area contributed by atoms with Gasteiger partial charge < -0.3 is 19.7 Å².